The van der Waals surface area contributed by atoms with Crippen LogP contribution in [0.5, 0.6) is 11.5 Å². The van der Waals surface area contributed by atoms with E-state index in [1.54, 1.807) is 30.3 Å². The molecule has 5 nitrogen and oxygen atoms in total. The third-order valence-electron chi connectivity index (χ3n) is 4.42. The standard InChI is InChI=1S/C23H18F2O5/c24-18-6-1-15(2-7-18)17-5-10-22(21(25)11-17)30-23(26)16-3-8-19(9-4-16)29-14-27-12-20-13-28-20/h1-11,20H,12-14H2. The van der Waals surface area contributed by atoms with E-state index in [0.717, 1.165) is 0 Å². The van der Waals surface area contributed by atoms with Crippen LogP contribution in [-0.4, -0.2) is 32.1 Å². The fourth-order valence-corrected chi connectivity index (χ4v) is 2.71. The molecule has 7 heteroatoms. The molecular weight excluding hydrogens is 394 g/mol. The summed E-state index contributed by atoms with van der Waals surface area (Å²) in [7, 11) is 0. The van der Waals surface area contributed by atoms with E-state index < -0.39 is 11.8 Å². The van der Waals surface area contributed by atoms with Crippen LogP contribution in [0.4, 0.5) is 8.78 Å². The minimum Gasteiger partial charge on any atom is -0.468 e. The molecule has 0 spiro atoms. The van der Waals surface area contributed by atoms with Crippen LogP contribution in [0.25, 0.3) is 11.1 Å². The molecule has 4 rings (SSSR count). The van der Waals surface area contributed by atoms with Crippen LogP contribution in [0.3, 0.4) is 0 Å². The Morgan fingerprint density at radius 3 is 2.33 bits per heavy atom. The van der Waals surface area contributed by atoms with Gasteiger partial charge in [0, 0.05) is 0 Å². The molecule has 0 aliphatic carbocycles. The second-order valence-electron chi connectivity index (χ2n) is 6.65. The second kappa shape index (κ2) is 9.02. The number of halogens is 2. The summed E-state index contributed by atoms with van der Waals surface area (Å²) in [6.45, 7) is 1.28. The third kappa shape index (κ3) is 5.20. The molecule has 1 unspecified atom stereocenters. The van der Waals surface area contributed by atoms with Gasteiger partial charge < -0.3 is 18.9 Å². The summed E-state index contributed by atoms with van der Waals surface area (Å²) < 4.78 is 48.3. The number of epoxide rings is 1. The first-order chi connectivity index (χ1) is 14.6. The van der Waals surface area contributed by atoms with Gasteiger partial charge in [0.25, 0.3) is 0 Å². The van der Waals surface area contributed by atoms with Crippen LogP contribution in [0.2, 0.25) is 0 Å². The summed E-state index contributed by atoms with van der Waals surface area (Å²) in [6, 6.07) is 16.1. The largest absolute Gasteiger partial charge is 0.468 e. The van der Waals surface area contributed by atoms with Crippen molar-refractivity contribution in [3.8, 4) is 22.6 Å². The SMILES string of the molecule is O=C(Oc1ccc(-c2ccc(F)cc2)cc1F)c1ccc(OCOCC2CO2)cc1. The minimum atomic E-state index is -0.697. The number of esters is 1. The van der Waals surface area contributed by atoms with Crippen LogP contribution in [0.15, 0.2) is 66.7 Å². The van der Waals surface area contributed by atoms with Gasteiger partial charge in [0.1, 0.15) is 17.7 Å². The summed E-state index contributed by atoms with van der Waals surface area (Å²) in [5, 5.41) is 0. The van der Waals surface area contributed by atoms with Crippen LogP contribution >= 0.6 is 0 Å². The van der Waals surface area contributed by atoms with Crippen molar-refractivity contribution in [1.82, 2.24) is 0 Å². The highest BCUT2D eigenvalue weighted by atomic mass is 19.1. The molecule has 3 aromatic carbocycles. The maximum absolute atomic E-state index is 14.4. The van der Waals surface area contributed by atoms with E-state index >= 15 is 0 Å². The molecule has 0 bridgehead atoms. The summed E-state index contributed by atoms with van der Waals surface area (Å²) >= 11 is 0. The third-order valence-corrected chi connectivity index (χ3v) is 4.42. The number of hydrogen-bond donors (Lipinski definition) is 0. The molecular formula is C23H18F2O5. The quantitative estimate of drug-likeness (QED) is 0.178. The Hall–Kier alpha value is -3.29. The lowest BCUT2D eigenvalue weighted by Crippen LogP contribution is -2.10. The van der Waals surface area contributed by atoms with Gasteiger partial charge in [-0.3, -0.25) is 0 Å². The molecule has 0 amide bonds. The lowest BCUT2D eigenvalue weighted by Gasteiger charge is -2.09. The summed E-state index contributed by atoms with van der Waals surface area (Å²) in [5.74, 6) is -1.43. The van der Waals surface area contributed by atoms with E-state index in [4.69, 9.17) is 18.9 Å². The first-order valence-electron chi connectivity index (χ1n) is 9.28. The maximum atomic E-state index is 14.4. The lowest BCUT2D eigenvalue weighted by atomic mass is 10.1. The van der Waals surface area contributed by atoms with Crippen molar-refractivity contribution in [2.24, 2.45) is 0 Å². The van der Waals surface area contributed by atoms with Crippen molar-refractivity contribution in [2.45, 2.75) is 6.10 Å². The van der Waals surface area contributed by atoms with Gasteiger partial charge in [-0.05, 0) is 59.7 Å². The van der Waals surface area contributed by atoms with E-state index in [1.807, 2.05) is 0 Å². The molecule has 154 valence electrons. The molecule has 1 aliphatic heterocycles. The Morgan fingerprint density at radius 1 is 0.967 bits per heavy atom. The molecule has 0 saturated carbocycles. The molecule has 1 saturated heterocycles. The number of rotatable bonds is 8. The number of carbonyl (C=O) groups excluding carboxylic acids is 1. The monoisotopic (exact) mass is 412 g/mol. The Morgan fingerprint density at radius 2 is 1.67 bits per heavy atom. The Kier molecular flexibility index (Phi) is 6.02. The Bertz CT molecular complexity index is 1010. The van der Waals surface area contributed by atoms with Crippen LogP contribution in [0.1, 0.15) is 10.4 Å². The van der Waals surface area contributed by atoms with E-state index in [-0.39, 0.29) is 30.0 Å². The number of hydrogen-bond acceptors (Lipinski definition) is 5. The van der Waals surface area contributed by atoms with Crippen molar-refractivity contribution in [1.29, 1.82) is 0 Å². The zero-order valence-corrected chi connectivity index (χ0v) is 15.8. The lowest BCUT2D eigenvalue weighted by molar-refractivity contribution is 0.00821. The zero-order chi connectivity index (χ0) is 20.9. The van der Waals surface area contributed by atoms with Crippen molar-refractivity contribution in [3.05, 3.63) is 83.9 Å². The molecule has 0 N–H and O–H groups in total. The van der Waals surface area contributed by atoms with Gasteiger partial charge in [-0.15, -0.1) is 0 Å². The van der Waals surface area contributed by atoms with Crippen LogP contribution in [0, 0.1) is 11.6 Å². The zero-order valence-electron chi connectivity index (χ0n) is 15.8. The van der Waals surface area contributed by atoms with E-state index in [9.17, 15) is 13.6 Å². The smallest absolute Gasteiger partial charge is 0.343 e. The molecule has 0 aromatic heterocycles. The first kappa shape index (κ1) is 20.0. The van der Waals surface area contributed by atoms with Crippen molar-refractivity contribution in [3.63, 3.8) is 0 Å². The van der Waals surface area contributed by atoms with Gasteiger partial charge in [-0.25, -0.2) is 13.6 Å². The molecule has 1 aliphatic rings. The minimum absolute atomic E-state index is 0.0786. The molecule has 1 fully saturated rings. The maximum Gasteiger partial charge on any atom is 0.343 e. The van der Waals surface area contributed by atoms with E-state index in [1.165, 1.54) is 36.4 Å². The van der Waals surface area contributed by atoms with E-state index in [2.05, 4.69) is 0 Å². The highest BCUT2D eigenvalue weighted by molar-refractivity contribution is 5.91. The Labute approximate surface area is 171 Å². The predicted molar refractivity (Wildman–Crippen MR) is 104 cm³/mol. The molecule has 30 heavy (non-hydrogen) atoms. The van der Waals surface area contributed by atoms with Gasteiger partial charge in [0.15, 0.2) is 18.4 Å². The van der Waals surface area contributed by atoms with Crippen molar-refractivity contribution in [2.75, 3.05) is 20.0 Å². The summed E-state index contributed by atoms with van der Waals surface area (Å²) in [4.78, 5) is 12.3. The van der Waals surface area contributed by atoms with Crippen molar-refractivity contribution < 1.29 is 32.5 Å². The average Bonchev–Trinajstić information content (AvgIpc) is 3.58. The number of carbonyl (C=O) groups is 1. The number of ether oxygens (including phenoxy) is 4. The van der Waals surface area contributed by atoms with Crippen molar-refractivity contribution >= 4 is 5.97 Å². The number of benzene rings is 3. The second-order valence-corrected chi connectivity index (χ2v) is 6.65. The van der Waals surface area contributed by atoms with Gasteiger partial charge >= 0.3 is 5.97 Å². The molecule has 0 radical (unpaired) electrons. The van der Waals surface area contributed by atoms with Gasteiger partial charge in [0.2, 0.25) is 0 Å². The Balaban J connectivity index is 1.35. The topological polar surface area (TPSA) is 57.3 Å². The van der Waals surface area contributed by atoms with Crippen LogP contribution in [-0.2, 0) is 9.47 Å². The summed E-state index contributed by atoms with van der Waals surface area (Å²) in [6.07, 6.45) is 0.163. The molecule has 1 atom stereocenters. The molecule has 3 aromatic rings. The predicted octanol–water partition coefficient (Wildman–Crippen LogP) is 4.60. The summed E-state index contributed by atoms with van der Waals surface area (Å²) in [5.41, 5.74) is 1.44. The van der Waals surface area contributed by atoms with Crippen LogP contribution < -0.4 is 9.47 Å². The fraction of sp³-hybridized carbons (Fsp3) is 0.174. The van der Waals surface area contributed by atoms with Gasteiger partial charge in [-0.1, -0.05) is 18.2 Å². The highest BCUT2D eigenvalue weighted by Gasteiger charge is 2.22. The first-order valence-corrected chi connectivity index (χ1v) is 9.28. The fourth-order valence-electron chi connectivity index (χ4n) is 2.71. The normalized spacial score (nSPS) is 14.9. The van der Waals surface area contributed by atoms with E-state index in [0.29, 0.717) is 30.1 Å². The molecule has 1 heterocycles. The van der Waals surface area contributed by atoms with Gasteiger partial charge in [-0.2, -0.15) is 0 Å². The highest BCUT2D eigenvalue weighted by Crippen LogP contribution is 2.26. The van der Waals surface area contributed by atoms with Gasteiger partial charge in [0.05, 0.1) is 18.8 Å². The average molecular weight is 412 g/mol.